The van der Waals surface area contributed by atoms with Crippen molar-refractivity contribution in [1.29, 1.82) is 0 Å². The smallest absolute Gasteiger partial charge is 0.258 e. The molecule has 2 rings (SSSR count). The Balaban J connectivity index is 1.72. The van der Waals surface area contributed by atoms with Crippen LogP contribution < -0.4 is 20.1 Å². The summed E-state index contributed by atoms with van der Waals surface area (Å²) in [6.07, 6.45) is 0. The number of rotatable bonds is 8. The standard InChI is InChI=1S/C21H26N2O4/c1-14-5-6-15(2)20(16(14)3)27-13-19(24)22-11-12-23-21(25)17-7-9-18(26-4)10-8-17/h5-10H,11-13H2,1-4H3,(H,22,24)(H,23,25). The van der Waals surface area contributed by atoms with Gasteiger partial charge in [-0.15, -0.1) is 0 Å². The molecule has 0 bridgehead atoms. The molecule has 0 radical (unpaired) electrons. The van der Waals surface area contributed by atoms with Crippen LogP contribution in [0.25, 0.3) is 0 Å². The van der Waals surface area contributed by atoms with Gasteiger partial charge in [0.2, 0.25) is 0 Å². The summed E-state index contributed by atoms with van der Waals surface area (Å²) in [4.78, 5) is 24.0. The fraction of sp³-hybridized carbons (Fsp3) is 0.333. The maximum Gasteiger partial charge on any atom is 0.258 e. The molecule has 0 fully saturated rings. The second-order valence-electron chi connectivity index (χ2n) is 6.28. The van der Waals surface area contributed by atoms with Crippen molar-refractivity contribution in [3.05, 3.63) is 58.7 Å². The summed E-state index contributed by atoms with van der Waals surface area (Å²) < 4.78 is 10.7. The average molecular weight is 370 g/mol. The molecule has 0 unspecified atom stereocenters. The highest BCUT2D eigenvalue weighted by Gasteiger charge is 2.09. The van der Waals surface area contributed by atoms with E-state index in [1.165, 1.54) is 0 Å². The zero-order valence-corrected chi connectivity index (χ0v) is 16.2. The Morgan fingerprint density at radius 2 is 1.52 bits per heavy atom. The fourth-order valence-electron chi connectivity index (χ4n) is 2.56. The van der Waals surface area contributed by atoms with Crippen molar-refractivity contribution >= 4 is 11.8 Å². The van der Waals surface area contributed by atoms with Crippen molar-refractivity contribution in [3.8, 4) is 11.5 Å². The minimum Gasteiger partial charge on any atom is -0.497 e. The number of carbonyl (C=O) groups is 2. The summed E-state index contributed by atoms with van der Waals surface area (Å²) in [7, 11) is 1.57. The van der Waals surface area contributed by atoms with E-state index in [0.29, 0.717) is 24.4 Å². The molecule has 0 saturated carbocycles. The molecular formula is C21H26N2O4. The molecular weight excluding hydrogens is 344 g/mol. The second-order valence-corrected chi connectivity index (χ2v) is 6.28. The van der Waals surface area contributed by atoms with Crippen molar-refractivity contribution in [1.82, 2.24) is 10.6 Å². The first-order valence-electron chi connectivity index (χ1n) is 8.81. The first-order chi connectivity index (χ1) is 12.9. The number of carbonyl (C=O) groups excluding carboxylic acids is 2. The predicted octanol–water partition coefficient (Wildman–Crippen LogP) is 2.55. The van der Waals surface area contributed by atoms with Crippen LogP contribution in [0.4, 0.5) is 0 Å². The van der Waals surface area contributed by atoms with Gasteiger partial charge in [0, 0.05) is 18.7 Å². The van der Waals surface area contributed by atoms with Gasteiger partial charge >= 0.3 is 0 Å². The molecule has 144 valence electrons. The van der Waals surface area contributed by atoms with Gasteiger partial charge in [0.05, 0.1) is 7.11 Å². The molecule has 0 aliphatic rings. The van der Waals surface area contributed by atoms with E-state index in [-0.39, 0.29) is 18.4 Å². The second kappa shape index (κ2) is 9.62. The molecule has 0 saturated heterocycles. The molecule has 2 aromatic rings. The Kier molecular flexibility index (Phi) is 7.23. The van der Waals surface area contributed by atoms with Gasteiger partial charge in [-0.25, -0.2) is 0 Å². The maximum absolute atomic E-state index is 12.0. The summed E-state index contributed by atoms with van der Waals surface area (Å²) >= 11 is 0. The maximum atomic E-state index is 12.0. The third-order valence-corrected chi connectivity index (χ3v) is 4.31. The van der Waals surface area contributed by atoms with Crippen LogP contribution in [-0.2, 0) is 4.79 Å². The minimum atomic E-state index is -0.228. The first-order valence-corrected chi connectivity index (χ1v) is 8.81. The van der Waals surface area contributed by atoms with E-state index < -0.39 is 0 Å². The molecule has 0 spiro atoms. The first kappa shape index (κ1) is 20.3. The number of nitrogens with one attached hydrogen (secondary N) is 2. The third kappa shape index (κ3) is 5.74. The summed E-state index contributed by atoms with van der Waals surface area (Å²) in [6, 6.07) is 10.8. The molecule has 0 aliphatic carbocycles. The van der Waals surface area contributed by atoms with Crippen molar-refractivity contribution < 1.29 is 19.1 Å². The van der Waals surface area contributed by atoms with Gasteiger partial charge in [0.25, 0.3) is 11.8 Å². The van der Waals surface area contributed by atoms with Gasteiger partial charge in [-0.05, 0) is 61.7 Å². The number of methoxy groups -OCH3 is 1. The highest BCUT2D eigenvalue weighted by atomic mass is 16.5. The van der Waals surface area contributed by atoms with Crippen molar-refractivity contribution in [3.63, 3.8) is 0 Å². The summed E-state index contributed by atoms with van der Waals surface area (Å²) in [5, 5.41) is 5.49. The molecule has 27 heavy (non-hydrogen) atoms. The van der Waals surface area contributed by atoms with Crippen LogP contribution in [0.5, 0.6) is 11.5 Å². The van der Waals surface area contributed by atoms with E-state index in [9.17, 15) is 9.59 Å². The number of hydrogen-bond donors (Lipinski definition) is 2. The Hall–Kier alpha value is -3.02. The molecule has 0 atom stereocenters. The van der Waals surface area contributed by atoms with Gasteiger partial charge in [0.15, 0.2) is 6.61 Å². The molecule has 0 aliphatic heterocycles. The van der Waals surface area contributed by atoms with Crippen LogP contribution in [0.2, 0.25) is 0 Å². The van der Waals surface area contributed by atoms with E-state index in [1.54, 1.807) is 31.4 Å². The fourth-order valence-corrected chi connectivity index (χ4v) is 2.56. The lowest BCUT2D eigenvalue weighted by atomic mass is 10.1. The molecule has 0 aromatic heterocycles. The average Bonchev–Trinajstić information content (AvgIpc) is 2.68. The van der Waals surface area contributed by atoms with E-state index in [2.05, 4.69) is 10.6 Å². The number of hydrogen-bond acceptors (Lipinski definition) is 4. The Morgan fingerprint density at radius 1 is 0.889 bits per heavy atom. The largest absolute Gasteiger partial charge is 0.497 e. The Bertz CT molecular complexity index is 801. The lowest BCUT2D eigenvalue weighted by Gasteiger charge is -2.14. The minimum absolute atomic E-state index is 0.0580. The highest BCUT2D eigenvalue weighted by molar-refractivity contribution is 5.94. The van der Waals surface area contributed by atoms with E-state index >= 15 is 0 Å². The van der Waals surface area contributed by atoms with Crippen molar-refractivity contribution in [2.24, 2.45) is 0 Å². The van der Waals surface area contributed by atoms with Gasteiger partial charge in [-0.2, -0.15) is 0 Å². The number of aryl methyl sites for hydroxylation is 2. The van der Waals surface area contributed by atoms with Crippen LogP contribution in [0.3, 0.4) is 0 Å². The van der Waals surface area contributed by atoms with Crippen molar-refractivity contribution in [2.45, 2.75) is 20.8 Å². The summed E-state index contributed by atoms with van der Waals surface area (Å²) in [6.45, 7) is 6.54. The van der Waals surface area contributed by atoms with Gasteiger partial charge < -0.3 is 20.1 Å². The molecule has 2 aromatic carbocycles. The molecule has 2 amide bonds. The topological polar surface area (TPSA) is 76.7 Å². The van der Waals surface area contributed by atoms with E-state index in [0.717, 1.165) is 22.4 Å². The van der Waals surface area contributed by atoms with Crippen LogP contribution in [0.15, 0.2) is 36.4 Å². The van der Waals surface area contributed by atoms with Gasteiger partial charge in [-0.1, -0.05) is 12.1 Å². The normalized spacial score (nSPS) is 10.2. The van der Waals surface area contributed by atoms with Gasteiger partial charge in [-0.3, -0.25) is 9.59 Å². The molecule has 6 heteroatoms. The Labute approximate surface area is 159 Å². The number of benzene rings is 2. The van der Waals surface area contributed by atoms with Crippen LogP contribution in [0, 0.1) is 20.8 Å². The van der Waals surface area contributed by atoms with Gasteiger partial charge in [0.1, 0.15) is 11.5 Å². The van der Waals surface area contributed by atoms with E-state index in [1.807, 2.05) is 32.9 Å². The van der Waals surface area contributed by atoms with Crippen LogP contribution in [-0.4, -0.2) is 38.6 Å². The monoisotopic (exact) mass is 370 g/mol. The summed E-state index contributed by atoms with van der Waals surface area (Å²) in [5.41, 5.74) is 3.69. The number of amides is 2. The zero-order chi connectivity index (χ0) is 19.8. The lowest BCUT2D eigenvalue weighted by molar-refractivity contribution is -0.123. The predicted molar refractivity (Wildman–Crippen MR) is 104 cm³/mol. The summed E-state index contributed by atoms with van der Waals surface area (Å²) in [5.74, 6) is 1.01. The van der Waals surface area contributed by atoms with Crippen LogP contribution in [0.1, 0.15) is 27.0 Å². The van der Waals surface area contributed by atoms with Crippen molar-refractivity contribution in [2.75, 3.05) is 26.8 Å². The SMILES string of the molecule is COc1ccc(C(=O)NCCNC(=O)COc2c(C)ccc(C)c2C)cc1. The van der Waals surface area contributed by atoms with Crippen LogP contribution >= 0.6 is 0 Å². The number of ether oxygens (including phenoxy) is 2. The zero-order valence-electron chi connectivity index (χ0n) is 16.2. The van der Waals surface area contributed by atoms with E-state index in [4.69, 9.17) is 9.47 Å². The molecule has 0 heterocycles. The Morgan fingerprint density at radius 3 is 2.19 bits per heavy atom. The lowest BCUT2D eigenvalue weighted by Crippen LogP contribution is -2.36. The molecule has 6 nitrogen and oxygen atoms in total. The highest BCUT2D eigenvalue weighted by Crippen LogP contribution is 2.25. The third-order valence-electron chi connectivity index (χ3n) is 4.31. The quantitative estimate of drug-likeness (QED) is 0.700. The molecule has 2 N–H and O–H groups in total.